The molecule has 1 heterocycles. The monoisotopic (exact) mass is 390 g/mol. The van der Waals surface area contributed by atoms with Gasteiger partial charge in [-0.2, -0.15) is 5.26 Å². The second kappa shape index (κ2) is 7.59. The fourth-order valence-electron chi connectivity index (χ4n) is 3.32. The average molecular weight is 391 g/mol. The summed E-state index contributed by atoms with van der Waals surface area (Å²) in [5.74, 6) is -0.0766. The van der Waals surface area contributed by atoms with E-state index in [0.717, 1.165) is 28.2 Å². The van der Waals surface area contributed by atoms with Crippen LogP contribution in [-0.2, 0) is 17.6 Å². The molecule has 27 heavy (non-hydrogen) atoms. The summed E-state index contributed by atoms with van der Waals surface area (Å²) in [5.41, 5.74) is 4.18. The molecular weight excluding hydrogens is 372 g/mol. The number of nitrogens with zero attached hydrogens (tertiary/aromatic N) is 1. The number of thioether (sulfide) groups is 1. The molecule has 0 saturated carbocycles. The summed E-state index contributed by atoms with van der Waals surface area (Å²) in [5, 5.41) is 13.1. The molecule has 1 atom stereocenters. The lowest BCUT2D eigenvalue weighted by atomic mass is 9.90. The van der Waals surface area contributed by atoms with E-state index in [9.17, 15) is 10.1 Å². The summed E-state index contributed by atoms with van der Waals surface area (Å²) in [6.07, 6.45) is 1.78. The highest BCUT2D eigenvalue weighted by Crippen LogP contribution is 2.44. The molecule has 1 aromatic heterocycles. The number of nitriles is 1. The number of anilines is 1. The van der Waals surface area contributed by atoms with Crippen LogP contribution in [0.15, 0.2) is 59.5 Å². The summed E-state index contributed by atoms with van der Waals surface area (Å²) in [6.45, 7) is 1.89. The van der Waals surface area contributed by atoms with Gasteiger partial charge in [0.05, 0.1) is 10.8 Å². The van der Waals surface area contributed by atoms with Gasteiger partial charge in [-0.15, -0.1) is 23.1 Å². The SMILES string of the molecule is CC(Sc1ccccc1)C(=O)Nc1sc2c(c1C#N)CCc1ccccc1-2. The molecule has 3 aromatic rings. The number of amides is 1. The van der Waals surface area contributed by atoms with Crippen molar-refractivity contribution in [2.24, 2.45) is 0 Å². The van der Waals surface area contributed by atoms with Crippen LogP contribution in [0.25, 0.3) is 10.4 Å². The lowest BCUT2D eigenvalue weighted by Crippen LogP contribution is -2.22. The summed E-state index contributed by atoms with van der Waals surface area (Å²) in [7, 11) is 0. The van der Waals surface area contributed by atoms with Crippen LogP contribution in [0.1, 0.15) is 23.6 Å². The van der Waals surface area contributed by atoms with Crippen molar-refractivity contribution in [2.45, 2.75) is 29.9 Å². The van der Waals surface area contributed by atoms with Gasteiger partial charge in [0.1, 0.15) is 11.1 Å². The van der Waals surface area contributed by atoms with Gasteiger partial charge in [-0.3, -0.25) is 4.79 Å². The zero-order chi connectivity index (χ0) is 18.8. The van der Waals surface area contributed by atoms with E-state index in [1.807, 2.05) is 49.4 Å². The largest absolute Gasteiger partial charge is 0.316 e. The smallest absolute Gasteiger partial charge is 0.238 e. The number of hydrogen-bond acceptors (Lipinski definition) is 4. The number of carbonyl (C=O) groups is 1. The molecule has 0 fully saturated rings. The van der Waals surface area contributed by atoms with Crippen LogP contribution in [0.5, 0.6) is 0 Å². The molecule has 0 saturated heterocycles. The van der Waals surface area contributed by atoms with Gasteiger partial charge in [0.15, 0.2) is 0 Å². The standard InChI is InChI=1S/C22H18N2OS2/c1-14(26-16-8-3-2-4-9-16)21(25)24-22-19(13-23)18-12-11-15-7-5-6-10-17(15)20(18)27-22/h2-10,14H,11-12H2,1H3,(H,24,25). The highest BCUT2D eigenvalue weighted by molar-refractivity contribution is 8.00. The van der Waals surface area contributed by atoms with Crippen molar-refractivity contribution >= 4 is 34.0 Å². The number of aryl methyl sites for hydroxylation is 1. The van der Waals surface area contributed by atoms with E-state index in [0.29, 0.717) is 10.6 Å². The fraction of sp³-hybridized carbons (Fsp3) is 0.182. The average Bonchev–Trinajstić information content (AvgIpc) is 3.06. The van der Waals surface area contributed by atoms with Crippen LogP contribution >= 0.6 is 23.1 Å². The zero-order valence-corrected chi connectivity index (χ0v) is 16.5. The molecule has 0 bridgehead atoms. The van der Waals surface area contributed by atoms with Crippen LogP contribution in [-0.4, -0.2) is 11.2 Å². The van der Waals surface area contributed by atoms with Crippen LogP contribution < -0.4 is 5.32 Å². The van der Waals surface area contributed by atoms with Crippen molar-refractivity contribution in [3.63, 3.8) is 0 Å². The Kier molecular flexibility index (Phi) is 5.02. The lowest BCUT2D eigenvalue weighted by Gasteiger charge is -2.15. The van der Waals surface area contributed by atoms with Crippen LogP contribution in [0.4, 0.5) is 5.00 Å². The van der Waals surface area contributed by atoms with Gasteiger partial charge in [0, 0.05) is 9.77 Å². The Morgan fingerprint density at radius 3 is 2.67 bits per heavy atom. The molecule has 1 unspecified atom stereocenters. The Morgan fingerprint density at radius 2 is 1.89 bits per heavy atom. The minimum Gasteiger partial charge on any atom is -0.316 e. The maximum absolute atomic E-state index is 12.7. The van der Waals surface area contributed by atoms with E-state index in [-0.39, 0.29) is 11.2 Å². The molecule has 1 aliphatic carbocycles. The minimum absolute atomic E-state index is 0.0766. The third-order valence-corrected chi connectivity index (χ3v) is 6.98. The lowest BCUT2D eigenvalue weighted by molar-refractivity contribution is -0.115. The summed E-state index contributed by atoms with van der Waals surface area (Å²) in [6, 6.07) is 20.5. The van der Waals surface area contributed by atoms with Crippen LogP contribution in [0.3, 0.4) is 0 Å². The summed E-state index contributed by atoms with van der Waals surface area (Å²) in [4.78, 5) is 14.9. The second-order valence-corrected chi connectivity index (χ2v) is 8.88. The second-order valence-electron chi connectivity index (χ2n) is 6.45. The Labute approximate surface area is 167 Å². The van der Waals surface area contributed by atoms with Crippen molar-refractivity contribution in [3.05, 3.63) is 71.3 Å². The molecule has 3 nitrogen and oxygen atoms in total. The molecule has 1 N–H and O–H groups in total. The molecule has 1 aliphatic rings. The fourth-order valence-corrected chi connectivity index (χ4v) is 5.47. The highest BCUT2D eigenvalue weighted by Gasteiger charge is 2.26. The minimum atomic E-state index is -0.245. The Hall–Kier alpha value is -2.55. The Balaban J connectivity index is 1.59. The normalized spacial score (nSPS) is 13.2. The first-order valence-corrected chi connectivity index (χ1v) is 10.5. The first kappa shape index (κ1) is 17.8. The van der Waals surface area contributed by atoms with E-state index >= 15 is 0 Å². The van der Waals surface area contributed by atoms with Crippen LogP contribution in [0.2, 0.25) is 0 Å². The molecule has 5 heteroatoms. The van der Waals surface area contributed by atoms with Gasteiger partial charge in [-0.25, -0.2) is 0 Å². The van der Waals surface area contributed by atoms with Crippen LogP contribution in [0, 0.1) is 11.3 Å². The molecule has 4 rings (SSSR count). The van der Waals surface area contributed by atoms with Gasteiger partial charge in [0.25, 0.3) is 0 Å². The number of carbonyl (C=O) groups excluding carboxylic acids is 1. The number of benzene rings is 2. The number of fused-ring (bicyclic) bond motifs is 3. The Bertz CT molecular complexity index is 1030. The first-order valence-electron chi connectivity index (χ1n) is 8.84. The highest BCUT2D eigenvalue weighted by atomic mass is 32.2. The molecule has 2 aromatic carbocycles. The molecule has 0 radical (unpaired) electrons. The first-order chi connectivity index (χ1) is 13.2. The van der Waals surface area contributed by atoms with Crippen molar-refractivity contribution in [1.29, 1.82) is 5.26 Å². The van der Waals surface area contributed by atoms with E-state index < -0.39 is 0 Å². The molecular formula is C22H18N2OS2. The van der Waals surface area contributed by atoms with Gasteiger partial charge >= 0.3 is 0 Å². The van der Waals surface area contributed by atoms with Gasteiger partial charge in [-0.1, -0.05) is 42.5 Å². The van der Waals surface area contributed by atoms with E-state index in [2.05, 4.69) is 23.5 Å². The summed E-state index contributed by atoms with van der Waals surface area (Å²) < 4.78 is 0. The predicted molar refractivity (Wildman–Crippen MR) is 112 cm³/mol. The van der Waals surface area contributed by atoms with Crippen molar-refractivity contribution in [1.82, 2.24) is 0 Å². The van der Waals surface area contributed by atoms with Crippen molar-refractivity contribution in [3.8, 4) is 16.5 Å². The number of rotatable bonds is 4. The quantitative estimate of drug-likeness (QED) is 0.598. The number of hydrogen-bond donors (Lipinski definition) is 1. The van der Waals surface area contributed by atoms with Crippen molar-refractivity contribution < 1.29 is 4.79 Å². The predicted octanol–water partition coefficient (Wildman–Crippen LogP) is 5.50. The molecule has 0 spiro atoms. The Morgan fingerprint density at radius 1 is 1.15 bits per heavy atom. The topological polar surface area (TPSA) is 52.9 Å². The maximum Gasteiger partial charge on any atom is 0.238 e. The molecule has 1 amide bonds. The molecule has 134 valence electrons. The number of nitrogens with one attached hydrogen (secondary N) is 1. The maximum atomic E-state index is 12.7. The van der Waals surface area contributed by atoms with Gasteiger partial charge < -0.3 is 5.32 Å². The van der Waals surface area contributed by atoms with E-state index in [1.54, 1.807) is 0 Å². The number of thiophene rings is 1. The third kappa shape index (κ3) is 3.51. The third-order valence-electron chi connectivity index (χ3n) is 4.69. The van der Waals surface area contributed by atoms with Gasteiger partial charge in [0.2, 0.25) is 5.91 Å². The van der Waals surface area contributed by atoms with Crippen molar-refractivity contribution in [2.75, 3.05) is 5.32 Å². The van der Waals surface area contributed by atoms with E-state index in [4.69, 9.17) is 0 Å². The molecule has 0 aliphatic heterocycles. The van der Waals surface area contributed by atoms with E-state index in [1.165, 1.54) is 34.2 Å². The zero-order valence-electron chi connectivity index (χ0n) is 14.9. The van der Waals surface area contributed by atoms with Gasteiger partial charge in [-0.05, 0) is 48.6 Å². The summed E-state index contributed by atoms with van der Waals surface area (Å²) >= 11 is 3.04.